The van der Waals surface area contributed by atoms with Crippen LogP contribution in [0.25, 0.3) is 11.1 Å². The highest BCUT2D eigenvalue weighted by atomic mass is 35.5. The number of carbonyl (C=O) groups is 1. The van der Waals surface area contributed by atoms with Gasteiger partial charge in [-0.1, -0.05) is 23.2 Å². The molecular weight excluding hydrogens is 455 g/mol. The molecule has 0 radical (unpaired) electrons. The summed E-state index contributed by atoms with van der Waals surface area (Å²) in [6, 6.07) is 3.34. The topological polar surface area (TPSA) is 115 Å². The summed E-state index contributed by atoms with van der Waals surface area (Å²) in [6.07, 6.45) is 3.23. The molecule has 5 rings (SSSR count). The zero-order valence-corrected chi connectivity index (χ0v) is 18.9. The van der Waals surface area contributed by atoms with Crippen LogP contribution in [0.2, 0.25) is 10.0 Å². The van der Waals surface area contributed by atoms with Crippen LogP contribution in [0.1, 0.15) is 42.5 Å². The predicted octanol–water partition coefficient (Wildman–Crippen LogP) is 3.62. The Kier molecular flexibility index (Phi) is 5.28. The third kappa shape index (κ3) is 3.51. The molecule has 1 saturated heterocycles. The Morgan fingerprint density at radius 2 is 2.16 bits per heavy atom. The first kappa shape index (κ1) is 21.5. The van der Waals surface area contributed by atoms with Crippen molar-refractivity contribution in [1.82, 2.24) is 14.9 Å². The molecule has 8 nitrogen and oxygen atoms in total. The van der Waals surface area contributed by atoms with E-state index in [1.807, 2.05) is 13.0 Å². The van der Waals surface area contributed by atoms with Crippen molar-refractivity contribution in [2.45, 2.75) is 43.9 Å². The third-order valence-electron chi connectivity index (χ3n) is 6.42. The summed E-state index contributed by atoms with van der Waals surface area (Å²) >= 11 is 12.6. The number of amides is 1. The summed E-state index contributed by atoms with van der Waals surface area (Å²) in [5.41, 5.74) is 7.55. The minimum atomic E-state index is -1.36. The minimum Gasteiger partial charge on any atom is -0.423 e. The van der Waals surface area contributed by atoms with Gasteiger partial charge < -0.3 is 24.9 Å². The van der Waals surface area contributed by atoms with E-state index in [9.17, 15) is 9.90 Å². The summed E-state index contributed by atoms with van der Waals surface area (Å²) in [5.74, 6) is -0.190. The number of pyridine rings is 1. The lowest BCUT2D eigenvalue weighted by Crippen LogP contribution is -2.50. The fourth-order valence-electron chi connectivity index (χ4n) is 4.83. The van der Waals surface area contributed by atoms with E-state index in [-0.39, 0.29) is 31.0 Å². The van der Waals surface area contributed by atoms with E-state index in [1.165, 1.54) is 12.4 Å². The van der Waals surface area contributed by atoms with Gasteiger partial charge in [-0.15, -0.1) is 0 Å². The molecule has 0 saturated carbocycles. The second kappa shape index (κ2) is 7.88. The molecule has 4 heterocycles. The molecule has 3 atom stereocenters. The maximum Gasteiger partial charge on any atom is 0.293 e. The molecule has 1 amide bonds. The Morgan fingerprint density at radius 3 is 2.97 bits per heavy atom. The van der Waals surface area contributed by atoms with E-state index in [0.717, 1.165) is 11.1 Å². The Morgan fingerprint density at radius 1 is 1.34 bits per heavy atom. The SMILES string of the molecule is C[C@H]1c2c(Cl)cc(Cl)cc2CCN1C(=O)[C@H]1C[C@@](O)(c2cncc3nc(N)oc23)CCO1. The molecule has 2 aromatic heterocycles. The summed E-state index contributed by atoms with van der Waals surface area (Å²) in [4.78, 5) is 23.5. The highest BCUT2D eigenvalue weighted by Crippen LogP contribution is 2.41. The maximum atomic E-state index is 13.5. The second-order valence-corrected chi connectivity index (χ2v) is 9.19. The second-order valence-electron chi connectivity index (χ2n) is 8.35. The van der Waals surface area contributed by atoms with Crippen LogP contribution < -0.4 is 5.73 Å². The van der Waals surface area contributed by atoms with E-state index >= 15 is 0 Å². The van der Waals surface area contributed by atoms with Crippen LogP contribution in [-0.2, 0) is 21.6 Å². The lowest BCUT2D eigenvalue weighted by molar-refractivity contribution is -0.163. The number of nitrogens with two attached hydrogens (primary N) is 1. The summed E-state index contributed by atoms with van der Waals surface area (Å²) in [6.45, 7) is 2.66. The number of hydrogen-bond donors (Lipinski definition) is 2. The number of anilines is 1. The molecule has 0 bridgehead atoms. The van der Waals surface area contributed by atoms with Gasteiger partial charge in [-0.05, 0) is 36.6 Å². The van der Waals surface area contributed by atoms with Gasteiger partial charge >= 0.3 is 0 Å². The first-order chi connectivity index (χ1) is 15.3. The molecule has 1 aromatic carbocycles. The molecule has 0 unspecified atom stereocenters. The van der Waals surface area contributed by atoms with Crippen molar-refractivity contribution < 1.29 is 19.1 Å². The number of carbonyl (C=O) groups excluding carboxylic acids is 1. The molecule has 1 fully saturated rings. The lowest BCUT2D eigenvalue weighted by Gasteiger charge is -2.41. The monoisotopic (exact) mass is 476 g/mol. The molecule has 2 aliphatic heterocycles. The zero-order valence-electron chi connectivity index (χ0n) is 17.3. The normalized spacial score (nSPS) is 25.7. The van der Waals surface area contributed by atoms with Crippen LogP contribution in [0.5, 0.6) is 0 Å². The van der Waals surface area contributed by atoms with Crippen LogP contribution in [-0.4, -0.2) is 45.1 Å². The number of oxazole rings is 1. The molecule has 3 N–H and O–H groups in total. The Labute approximate surface area is 194 Å². The zero-order chi connectivity index (χ0) is 22.6. The van der Waals surface area contributed by atoms with Gasteiger partial charge in [0.15, 0.2) is 5.58 Å². The molecule has 10 heteroatoms. The number of nitrogen functional groups attached to an aromatic ring is 1. The number of aromatic nitrogens is 2. The van der Waals surface area contributed by atoms with Crippen molar-refractivity contribution in [2.75, 3.05) is 18.9 Å². The number of ether oxygens (including phenoxy) is 1. The number of hydrogen-bond acceptors (Lipinski definition) is 7. The van der Waals surface area contributed by atoms with E-state index in [4.69, 9.17) is 38.1 Å². The number of benzene rings is 1. The minimum absolute atomic E-state index is 0.00433. The van der Waals surface area contributed by atoms with E-state index in [2.05, 4.69) is 9.97 Å². The number of nitrogens with zero attached hydrogens (tertiary/aromatic N) is 3. The van der Waals surface area contributed by atoms with Gasteiger partial charge in [0.05, 0.1) is 18.8 Å². The predicted molar refractivity (Wildman–Crippen MR) is 119 cm³/mol. The molecule has 3 aromatic rings. The van der Waals surface area contributed by atoms with E-state index in [0.29, 0.717) is 46.1 Å². The van der Waals surface area contributed by atoms with Gasteiger partial charge in [0.25, 0.3) is 11.9 Å². The van der Waals surface area contributed by atoms with Crippen molar-refractivity contribution in [2.24, 2.45) is 0 Å². The van der Waals surface area contributed by atoms with Gasteiger partial charge in [-0.2, -0.15) is 4.98 Å². The summed E-state index contributed by atoms with van der Waals surface area (Å²) < 4.78 is 11.3. The first-order valence-corrected chi connectivity index (χ1v) is 11.2. The smallest absolute Gasteiger partial charge is 0.293 e. The quantitative estimate of drug-likeness (QED) is 0.579. The van der Waals surface area contributed by atoms with Crippen LogP contribution in [0.15, 0.2) is 28.9 Å². The molecule has 0 spiro atoms. The molecular formula is C22H22Cl2N4O4. The van der Waals surface area contributed by atoms with Gasteiger partial charge in [0.1, 0.15) is 17.2 Å². The Balaban J connectivity index is 1.42. The van der Waals surface area contributed by atoms with Crippen LogP contribution >= 0.6 is 23.2 Å². The third-order valence-corrected chi connectivity index (χ3v) is 6.95. The molecule has 32 heavy (non-hydrogen) atoms. The van der Waals surface area contributed by atoms with Crippen LogP contribution in [0.3, 0.4) is 0 Å². The van der Waals surface area contributed by atoms with Crippen molar-refractivity contribution in [3.63, 3.8) is 0 Å². The molecule has 2 aliphatic rings. The number of rotatable bonds is 2. The largest absolute Gasteiger partial charge is 0.423 e. The van der Waals surface area contributed by atoms with Crippen LogP contribution in [0, 0.1) is 0 Å². The van der Waals surface area contributed by atoms with Crippen molar-refractivity contribution in [1.29, 1.82) is 0 Å². The maximum absolute atomic E-state index is 13.5. The standard InChI is InChI=1S/C22H22Cl2N4O4/c1-11-18-12(6-13(23)7-15(18)24)2-4-28(11)20(29)17-8-22(30,3-5-31-17)14-9-26-10-16-19(14)32-21(25)27-16/h6-7,9-11,17,30H,2-5,8H2,1H3,(H2,25,27)/t11-,17+,22+/m0/s1. The van der Waals surface area contributed by atoms with Crippen molar-refractivity contribution in [3.8, 4) is 0 Å². The highest BCUT2D eigenvalue weighted by molar-refractivity contribution is 6.35. The van der Waals surface area contributed by atoms with Crippen LogP contribution in [0.4, 0.5) is 6.01 Å². The Hall–Kier alpha value is -2.39. The fraction of sp³-hybridized carbons (Fsp3) is 0.409. The number of aliphatic hydroxyl groups is 1. The first-order valence-electron chi connectivity index (χ1n) is 10.4. The van der Waals surface area contributed by atoms with Gasteiger partial charge in [0.2, 0.25) is 0 Å². The lowest BCUT2D eigenvalue weighted by atomic mass is 9.83. The average Bonchev–Trinajstić information content (AvgIpc) is 3.13. The van der Waals surface area contributed by atoms with Crippen molar-refractivity contribution in [3.05, 3.63) is 51.3 Å². The van der Waals surface area contributed by atoms with Gasteiger partial charge in [0, 0.05) is 41.2 Å². The summed E-state index contributed by atoms with van der Waals surface area (Å²) in [5, 5.41) is 12.6. The summed E-state index contributed by atoms with van der Waals surface area (Å²) in [7, 11) is 0. The average molecular weight is 477 g/mol. The highest BCUT2D eigenvalue weighted by Gasteiger charge is 2.44. The molecule has 168 valence electrons. The fourth-order valence-corrected chi connectivity index (χ4v) is 5.53. The number of fused-ring (bicyclic) bond motifs is 2. The van der Waals surface area contributed by atoms with E-state index in [1.54, 1.807) is 11.0 Å². The van der Waals surface area contributed by atoms with Crippen molar-refractivity contribution >= 4 is 46.2 Å². The number of halogens is 2. The molecule has 0 aliphatic carbocycles. The Bertz CT molecular complexity index is 1220. The van der Waals surface area contributed by atoms with Gasteiger partial charge in [-0.25, -0.2) is 0 Å². The van der Waals surface area contributed by atoms with Gasteiger partial charge in [-0.3, -0.25) is 9.78 Å². The van der Waals surface area contributed by atoms with E-state index < -0.39 is 11.7 Å².